The van der Waals surface area contributed by atoms with Gasteiger partial charge in [-0.15, -0.1) is 0 Å². The molecule has 0 aliphatic carbocycles. The van der Waals surface area contributed by atoms with Crippen molar-refractivity contribution in [3.63, 3.8) is 0 Å². The Morgan fingerprint density at radius 1 is 1.38 bits per heavy atom. The molecule has 0 bridgehead atoms. The van der Waals surface area contributed by atoms with Gasteiger partial charge in [-0.3, -0.25) is 4.79 Å². The molecule has 0 aliphatic rings. The zero-order valence-electron chi connectivity index (χ0n) is 6.87. The van der Waals surface area contributed by atoms with E-state index in [-0.39, 0.29) is 10.6 Å². The second-order valence-electron chi connectivity index (χ2n) is 2.62. The minimum atomic E-state index is -1.49. The summed E-state index contributed by atoms with van der Waals surface area (Å²) in [6.45, 7) is 1.81. The standard InChI is InChI=1S/C9H7ClO3/c1-5-2-3-6(7(10)4-5)8(11)9(12)13/h2-4H,1H3,(H,12,13). The van der Waals surface area contributed by atoms with Crippen molar-refractivity contribution in [3.05, 3.63) is 34.3 Å². The highest BCUT2D eigenvalue weighted by Gasteiger charge is 2.17. The molecule has 4 heteroatoms. The first kappa shape index (κ1) is 9.74. The molecular formula is C9H7ClO3. The van der Waals surface area contributed by atoms with Crippen LogP contribution in [-0.4, -0.2) is 16.9 Å². The van der Waals surface area contributed by atoms with Crippen LogP contribution in [0.25, 0.3) is 0 Å². The lowest BCUT2D eigenvalue weighted by molar-refractivity contribution is -0.131. The Kier molecular flexibility index (Phi) is 2.68. The van der Waals surface area contributed by atoms with E-state index in [2.05, 4.69) is 0 Å². The summed E-state index contributed by atoms with van der Waals surface area (Å²) in [4.78, 5) is 21.3. The van der Waals surface area contributed by atoms with Crippen LogP contribution in [0.5, 0.6) is 0 Å². The fourth-order valence-corrected chi connectivity index (χ4v) is 1.24. The van der Waals surface area contributed by atoms with E-state index in [9.17, 15) is 9.59 Å². The van der Waals surface area contributed by atoms with Gasteiger partial charge in [-0.2, -0.15) is 0 Å². The summed E-state index contributed by atoms with van der Waals surface area (Å²) >= 11 is 5.68. The Morgan fingerprint density at radius 3 is 2.46 bits per heavy atom. The van der Waals surface area contributed by atoms with Crippen LogP contribution in [0.2, 0.25) is 5.02 Å². The lowest BCUT2D eigenvalue weighted by Crippen LogP contribution is -2.13. The zero-order valence-corrected chi connectivity index (χ0v) is 7.63. The van der Waals surface area contributed by atoms with E-state index >= 15 is 0 Å². The Hall–Kier alpha value is -1.35. The molecule has 0 amide bonds. The molecule has 13 heavy (non-hydrogen) atoms. The molecule has 0 saturated carbocycles. The van der Waals surface area contributed by atoms with Crippen molar-refractivity contribution < 1.29 is 14.7 Å². The molecule has 3 nitrogen and oxygen atoms in total. The maximum absolute atomic E-state index is 11.0. The van der Waals surface area contributed by atoms with Crippen LogP contribution in [-0.2, 0) is 4.79 Å². The number of Topliss-reactive ketones (excluding diaryl/α,β-unsaturated/α-hetero) is 1. The predicted octanol–water partition coefficient (Wildman–Crippen LogP) is 1.92. The van der Waals surface area contributed by atoms with Gasteiger partial charge in [0.2, 0.25) is 0 Å². The quantitative estimate of drug-likeness (QED) is 0.584. The van der Waals surface area contributed by atoms with Gasteiger partial charge in [0.25, 0.3) is 5.78 Å². The number of carboxylic acids is 1. The van der Waals surface area contributed by atoms with Gasteiger partial charge in [-0.05, 0) is 24.6 Å². The summed E-state index contributed by atoms with van der Waals surface area (Å²) in [6, 6.07) is 4.61. The highest BCUT2D eigenvalue weighted by Crippen LogP contribution is 2.17. The largest absolute Gasteiger partial charge is 0.475 e. The average molecular weight is 199 g/mol. The average Bonchev–Trinajstić information content (AvgIpc) is 2.03. The molecule has 0 aliphatic heterocycles. The minimum absolute atomic E-state index is 0.0276. The van der Waals surface area contributed by atoms with Gasteiger partial charge in [0.1, 0.15) is 0 Å². The Balaban J connectivity index is 3.16. The van der Waals surface area contributed by atoms with E-state index in [1.54, 1.807) is 19.1 Å². The van der Waals surface area contributed by atoms with Gasteiger partial charge >= 0.3 is 5.97 Å². The van der Waals surface area contributed by atoms with Gasteiger partial charge in [-0.1, -0.05) is 17.7 Å². The Morgan fingerprint density at radius 2 is 2.00 bits per heavy atom. The number of halogens is 1. The highest BCUT2D eigenvalue weighted by molar-refractivity contribution is 6.45. The normalized spacial score (nSPS) is 9.69. The zero-order chi connectivity index (χ0) is 10.0. The smallest absolute Gasteiger partial charge is 0.377 e. The second kappa shape index (κ2) is 3.58. The van der Waals surface area contributed by atoms with Crippen molar-refractivity contribution in [1.82, 2.24) is 0 Å². The van der Waals surface area contributed by atoms with Crippen LogP contribution >= 0.6 is 11.6 Å². The number of aryl methyl sites for hydroxylation is 1. The number of ketones is 1. The van der Waals surface area contributed by atoms with Crippen molar-refractivity contribution in [1.29, 1.82) is 0 Å². The van der Waals surface area contributed by atoms with Crippen molar-refractivity contribution in [2.75, 3.05) is 0 Å². The fraction of sp³-hybridized carbons (Fsp3) is 0.111. The Bertz CT molecular complexity index is 371. The third-order valence-electron chi connectivity index (χ3n) is 1.56. The summed E-state index contributed by atoms with van der Waals surface area (Å²) in [5, 5.41) is 8.59. The van der Waals surface area contributed by atoms with Gasteiger partial charge in [-0.25, -0.2) is 4.79 Å². The highest BCUT2D eigenvalue weighted by atomic mass is 35.5. The summed E-state index contributed by atoms with van der Waals surface area (Å²) in [5.41, 5.74) is 0.909. The van der Waals surface area contributed by atoms with E-state index in [0.717, 1.165) is 5.56 Å². The maximum Gasteiger partial charge on any atom is 0.377 e. The summed E-state index contributed by atoms with van der Waals surface area (Å²) in [6.07, 6.45) is 0. The number of carbonyl (C=O) groups is 2. The molecule has 1 aromatic carbocycles. The number of hydrogen-bond acceptors (Lipinski definition) is 2. The lowest BCUT2D eigenvalue weighted by atomic mass is 10.1. The third kappa shape index (κ3) is 2.06. The molecule has 0 spiro atoms. The first-order chi connectivity index (χ1) is 6.02. The Labute approximate surface area is 79.9 Å². The van der Waals surface area contributed by atoms with E-state index < -0.39 is 11.8 Å². The first-order valence-corrected chi connectivity index (χ1v) is 3.94. The molecule has 1 aromatic rings. The molecule has 1 N–H and O–H groups in total. The van der Waals surface area contributed by atoms with Crippen LogP contribution in [0.1, 0.15) is 15.9 Å². The number of carboxylic acid groups (broad SMARTS) is 1. The fourth-order valence-electron chi connectivity index (χ4n) is 0.919. The van der Waals surface area contributed by atoms with Crippen molar-refractivity contribution >= 4 is 23.4 Å². The van der Waals surface area contributed by atoms with Gasteiger partial charge < -0.3 is 5.11 Å². The van der Waals surface area contributed by atoms with Crippen molar-refractivity contribution in [2.45, 2.75) is 6.92 Å². The van der Waals surface area contributed by atoms with E-state index in [1.165, 1.54) is 6.07 Å². The van der Waals surface area contributed by atoms with E-state index in [0.29, 0.717) is 0 Å². The summed E-state index contributed by atoms with van der Waals surface area (Å²) in [7, 11) is 0. The molecule has 0 fully saturated rings. The van der Waals surface area contributed by atoms with Crippen molar-refractivity contribution in [3.8, 4) is 0 Å². The van der Waals surface area contributed by atoms with Crippen LogP contribution in [0.4, 0.5) is 0 Å². The van der Waals surface area contributed by atoms with E-state index in [1.807, 2.05) is 0 Å². The molecule has 0 saturated heterocycles. The molecule has 1 rings (SSSR count). The third-order valence-corrected chi connectivity index (χ3v) is 1.88. The second-order valence-corrected chi connectivity index (χ2v) is 3.02. The molecular weight excluding hydrogens is 192 g/mol. The first-order valence-electron chi connectivity index (χ1n) is 3.56. The number of rotatable bonds is 2. The van der Waals surface area contributed by atoms with Gasteiger partial charge in [0, 0.05) is 5.56 Å². The van der Waals surface area contributed by atoms with Crippen LogP contribution in [0.3, 0.4) is 0 Å². The number of carbonyl (C=O) groups excluding carboxylic acids is 1. The number of benzene rings is 1. The molecule has 0 atom stereocenters. The predicted molar refractivity (Wildman–Crippen MR) is 48.2 cm³/mol. The monoisotopic (exact) mass is 198 g/mol. The topological polar surface area (TPSA) is 54.4 Å². The van der Waals surface area contributed by atoms with Crippen LogP contribution in [0.15, 0.2) is 18.2 Å². The number of hydrogen-bond donors (Lipinski definition) is 1. The summed E-state index contributed by atoms with van der Waals surface area (Å²) < 4.78 is 0. The van der Waals surface area contributed by atoms with E-state index in [4.69, 9.17) is 16.7 Å². The minimum Gasteiger partial charge on any atom is -0.475 e. The van der Waals surface area contributed by atoms with Gasteiger partial charge in [0.15, 0.2) is 0 Å². The summed E-state index contributed by atoms with van der Waals surface area (Å²) in [5.74, 6) is -2.48. The maximum atomic E-state index is 11.0. The molecule has 0 unspecified atom stereocenters. The molecule has 68 valence electrons. The molecule has 0 radical (unpaired) electrons. The molecule has 0 heterocycles. The lowest BCUT2D eigenvalue weighted by Gasteiger charge is -2.00. The van der Waals surface area contributed by atoms with Crippen LogP contribution < -0.4 is 0 Å². The SMILES string of the molecule is Cc1ccc(C(=O)C(=O)O)c(Cl)c1. The number of aliphatic carboxylic acids is 1. The van der Waals surface area contributed by atoms with Crippen molar-refractivity contribution in [2.24, 2.45) is 0 Å². The van der Waals surface area contributed by atoms with Gasteiger partial charge in [0.05, 0.1) is 5.02 Å². The van der Waals surface area contributed by atoms with Crippen LogP contribution in [0, 0.1) is 6.92 Å². The molecule has 0 aromatic heterocycles.